The molecule has 2 N–H and O–H groups in total. The standard InChI is InChI=1S/C10H14N4O/c15-10(9-12-7-13-14-9)11-6-5-8-3-1-2-4-8/h3,7H,1-2,4-6H2,(H,11,15)(H,12,13,14). The SMILES string of the molecule is O=C(NCCC1=CCCC1)c1ncn[nH]1. The van der Waals surface area contributed by atoms with Gasteiger partial charge in [-0.3, -0.25) is 9.89 Å². The van der Waals surface area contributed by atoms with Gasteiger partial charge in [0.05, 0.1) is 0 Å². The third-order valence-electron chi connectivity index (χ3n) is 2.50. The van der Waals surface area contributed by atoms with Crippen LogP contribution in [0.2, 0.25) is 0 Å². The molecule has 80 valence electrons. The Morgan fingerprint density at radius 1 is 1.60 bits per heavy atom. The number of rotatable bonds is 4. The van der Waals surface area contributed by atoms with Crippen molar-refractivity contribution in [2.75, 3.05) is 6.54 Å². The van der Waals surface area contributed by atoms with Gasteiger partial charge in [-0.1, -0.05) is 11.6 Å². The van der Waals surface area contributed by atoms with Crippen LogP contribution < -0.4 is 5.32 Å². The normalized spacial score (nSPS) is 15.1. The zero-order valence-corrected chi connectivity index (χ0v) is 8.49. The highest BCUT2D eigenvalue weighted by atomic mass is 16.2. The van der Waals surface area contributed by atoms with Crippen LogP contribution in [0.4, 0.5) is 0 Å². The molecule has 1 aromatic rings. The van der Waals surface area contributed by atoms with E-state index in [1.165, 1.54) is 31.2 Å². The van der Waals surface area contributed by atoms with Gasteiger partial charge >= 0.3 is 0 Å². The Morgan fingerprint density at radius 3 is 3.20 bits per heavy atom. The van der Waals surface area contributed by atoms with Gasteiger partial charge in [0.25, 0.3) is 5.91 Å². The molecule has 0 spiro atoms. The fraction of sp³-hybridized carbons (Fsp3) is 0.500. The van der Waals surface area contributed by atoms with Crippen molar-refractivity contribution in [3.63, 3.8) is 0 Å². The van der Waals surface area contributed by atoms with Crippen molar-refractivity contribution in [2.45, 2.75) is 25.7 Å². The van der Waals surface area contributed by atoms with Crippen molar-refractivity contribution in [1.29, 1.82) is 0 Å². The minimum absolute atomic E-state index is 0.189. The molecule has 5 nitrogen and oxygen atoms in total. The number of aromatic nitrogens is 3. The van der Waals surface area contributed by atoms with E-state index in [0.29, 0.717) is 6.54 Å². The van der Waals surface area contributed by atoms with Gasteiger partial charge in [0.2, 0.25) is 5.82 Å². The van der Waals surface area contributed by atoms with Gasteiger partial charge in [-0.05, 0) is 25.7 Å². The highest BCUT2D eigenvalue weighted by Gasteiger charge is 2.08. The number of allylic oxidation sites excluding steroid dienone is 1. The highest BCUT2D eigenvalue weighted by molar-refractivity contribution is 5.90. The third kappa shape index (κ3) is 2.65. The van der Waals surface area contributed by atoms with Crippen molar-refractivity contribution in [3.8, 4) is 0 Å². The lowest BCUT2D eigenvalue weighted by Gasteiger charge is -2.03. The van der Waals surface area contributed by atoms with E-state index < -0.39 is 0 Å². The van der Waals surface area contributed by atoms with Crippen LogP contribution in [0, 0.1) is 0 Å². The molecular weight excluding hydrogens is 192 g/mol. The number of nitrogens with one attached hydrogen (secondary N) is 2. The molecule has 1 amide bonds. The fourth-order valence-corrected chi connectivity index (χ4v) is 1.70. The summed E-state index contributed by atoms with van der Waals surface area (Å²) in [5.41, 5.74) is 1.45. The molecule has 15 heavy (non-hydrogen) atoms. The van der Waals surface area contributed by atoms with Crippen LogP contribution in [0.1, 0.15) is 36.3 Å². The molecule has 0 unspecified atom stereocenters. The number of hydrogen-bond donors (Lipinski definition) is 2. The predicted octanol–water partition coefficient (Wildman–Crippen LogP) is 1.03. The number of H-pyrrole nitrogens is 1. The summed E-state index contributed by atoms with van der Waals surface area (Å²) >= 11 is 0. The van der Waals surface area contributed by atoms with E-state index in [-0.39, 0.29) is 11.7 Å². The van der Waals surface area contributed by atoms with Gasteiger partial charge in [0.15, 0.2) is 0 Å². The first-order chi connectivity index (χ1) is 7.36. The Morgan fingerprint density at radius 2 is 2.53 bits per heavy atom. The van der Waals surface area contributed by atoms with Crippen LogP contribution in [-0.4, -0.2) is 27.6 Å². The summed E-state index contributed by atoms with van der Waals surface area (Å²) in [4.78, 5) is 15.2. The largest absolute Gasteiger partial charge is 0.349 e. The lowest BCUT2D eigenvalue weighted by atomic mass is 10.2. The van der Waals surface area contributed by atoms with Crippen LogP contribution in [0.3, 0.4) is 0 Å². The van der Waals surface area contributed by atoms with Crippen LogP contribution in [0.5, 0.6) is 0 Å². The fourth-order valence-electron chi connectivity index (χ4n) is 1.70. The molecule has 1 aromatic heterocycles. The van der Waals surface area contributed by atoms with E-state index in [2.05, 4.69) is 26.6 Å². The Bertz CT molecular complexity index is 356. The van der Waals surface area contributed by atoms with Gasteiger partial charge in [-0.15, -0.1) is 0 Å². The Hall–Kier alpha value is -1.65. The molecule has 0 aliphatic heterocycles. The number of hydrogen-bond acceptors (Lipinski definition) is 3. The maximum Gasteiger partial charge on any atom is 0.288 e. The van der Waals surface area contributed by atoms with Crippen molar-refractivity contribution in [3.05, 3.63) is 23.8 Å². The number of carbonyl (C=O) groups is 1. The first kappa shape index (κ1) is 9.89. The highest BCUT2D eigenvalue weighted by Crippen LogP contribution is 2.19. The molecule has 0 aromatic carbocycles. The van der Waals surface area contributed by atoms with Crippen molar-refractivity contribution in [1.82, 2.24) is 20.5 Å². The monoisotopic (exact) mass is 206 g/mol. The van der Waals surface area contributed by atoms with E-state index >= 15 is 0 Å². The Labute approximate surface area is 88.0 Å². The third-order valence-corrected chi connectivity index (χ3v) is 2.50. The maximum atomic E-state index is 11.4. The van der Waals surface area contributed by atoms with Crippen molar-refractivity contribution in [2.24, 2.45) is 0 Å². The van der Waals surface area contributed by atoms with Gasteiger partial charge in [0.1, 0.15) is 6.33 Å². The van der Waals surface area contributed by atoms with Crippen LogP contribution in [0.15, 0.2) is 18.0 Å². The molecule has 0 atom stereocenters. The molecule has 1 heterocycles. The number of nitrogens with zero attached hydrogens (tertiary/aromatic N) is 2. The second-order valence-corrected chi connectivity index (χ2v) is 3.59. The summed E-state index contributed by atoms with van der Waals surface area (Å²) in [5.74, 6) is 0.0847. The summed E-state index contributed by atoms with van der Waals surface area (Å²) < 4.78 is 0. The molecule has 0 bridgehead atoms. The van der Waals surface area contributed by atoms with E-state index in [1.807, 2.05) is 0 Å². The molecule has 0 saturated carbocycles. The first-order valence-corrected chi connectivity index (χ1v) is 5.18. The van der Waals surface area contributed by atoms with Gasteiger partial charge in [-0.2, -0.15) is 5.10 Å². The Kier molecular flexibility index (Phi) is 3.11. The zero-order chi connectivity index (χ0) is 10.5. The topological polar surface area (TPSA) is 70.7 Å². The Balaban J connectivity index is 1.72. The summed E-state index contributed by atoms with van der Waals surface area (Å²) in [6.45, 7) is 0.672. The van der Waals surface area contributed by atoms with Crippen molar-refractivity contribution >= 4 is 5.91 Å². The predicted molar refractivity (Wildman–Crippen MR) is 55.3 cm³/mol. The average molecular weight is 206 g/mol. The number of aromatic amines is 1. The van der Waals surface area contributed by atoms with Crippen molar-refractivity contribution < 1.29 is 4.79 Å². The maximum absolute atomic E-state index is 11.4. The molecular formula is C10H14N4O. The number of carbonyl (C=O) groups excluding carboxylic acids is 1. The minimum Gasteiger partial charge on any atom is -0.349 e. The first-order valence-electron chi connectivity index (χ1n) is 5.18. The van der Waals surface area contributed by atoms with Gasteiger partial charge in [0, 0.05) is 6.54 Å². The second kappa shape index (κ2) is 4.72. The molecule has 1 aliphatic rings. The molecule has 0 saturated heterocycles. The number of amides is 1. The van der Waals surface area contributed by atoms with E-state index in [1.54, 1.807) is 0 Å². The van der Waals surface area contributed by atoms with Crippen LogP contribution >= 0.6 is 0 Å². The van der Waals surface area contributed by atoms with E-state index in [9.17, 15) is 4.79 Å². The van der Waals surface area contributed by atoms with E-state index in [4.69, 9.17) is 0 Å². The van der Waals surface area contributed by atoms with Gasteiger partial charge in [-0.25, -0.2) is 4.98 Å². The van der Waals surface area contributed by atoms with E-state index in [0.717, 1.165) is 6.42 Å². The van der Waals surface area contributed by atoms with Crippen LogP contribution in [-0.2, 0) is 0 Å². The zero-order valence-electron chi connectivity index (χ0n) is 8.49. The molecule has 2 rings (SSSR count). The molecule has 1 aliphatic carbocycles. The molecule has 0 fully saturated rings. The smallest absolute Gasteiger partial charge is 0.288 e. The summed E-state index contributed by atoms with van der Waals surface area (Å²) in [6, 6.07) is 0. The summed E-state index contributed by atoms with van der Waals surface area (Å²) in [7, 11) is 0. The summed E-state index contributed by atoms with van der Waals surface area (Å²) in [5, 5.41) is 8.95. The van der Waals surface area contributed by atoms with Crippen LogP contribution in [0.25, 0.3) is 0 Å². The van der Waals surface area contributed by atoms with Gasteiger partial charge < -0.3 is 5.32 Å². The quantitative estimate of drug-likeness (QED) is 0.723. The summed E-state index contributed by atoms with van der Waals surface area (Å²) in [6.07, 6.45) is 8.16. The molecule has 5 heteroatoms. The molecule has 0 radical (unpaired) electrons. The second-order valence-electron chi connectivity index (χ2n) is 3.59. The average Bonchev–Trinajstić information content (AvgIpc) is 2.90. The lowest BCUT2D eigenvalue weighted by molar-refractivity contribution is 0.0944. The lowest BCUT2D eigenvalue weighted by Crippen LogP contribution is -2.25. The minimum atomic E-state index is -0.189.